The van der Waals surface area contributed by atoms with E-state index >= 15 is 0 Å². The standard InChI is InChI=1S/C15H21NO5/c1-15(18,6-7-19-2)10-16-14(17)11-4-3-5-12-13(11)21-9-8-20-12/h3-5,18H,6-10H2,1-2H3,(H,16,17). The third-order valence-electron chi connectivity index (χ3n) is 3.29. The molecule has 1 aromatic rings. The first-order valence-electron chi connectivity index (χ1n) is 6.91. The second kappa shape index (κ2) is 6.78. The molecule has 0 bridgehead atoms. The third-order valence-corrected chi connectivity index (χ3v) is 3.29. The molecule has 1 heterocycles. The molecule has 0 aliphatic carbocycles. The maximum absolute atomic E-state index is 12.2. The van der Waals surface area contributed by atoms with Crippen LogP contribution in [0.25, 0.3) is 0 Å². The minimum Gasteiger partial charge on any atom is -0.486 e. The van der Waals surface area contributed by atoms with Crippen LogP contribution in [-0.2, 0) is 4.74 Å². The second-order valence-electron chi connectivity index (χ2n) is 5.25. The van der Waals surface area contributed by atoms with E-state index in [4.69, 9.17) is 14.2 Å². The van der Waals surface area contributed by atoms with Crippen LogP contribution in [0, 0.1) is 0 Å². The lowest BCUT2D eigenvalue weighted by atomic mass is 10.0. The van der Waals surface area contributed by atoms with E-state index in [2.05, 4.69) is 5.32 Å². The highest BCUT2D eigenvalue weighted by molar-refractivity contribution is 5.97. The van der Waals surface area contributed by atoms with Crippen molar-refractivity contribution in [2.75, 3.05) is 33.5 Å². The fraction of sp³-hybridized carbons (Fsp3) is 0.533. The normalized spacial score (nSPS) is 16.1. The van der Waals surface area contributed by atoms with Gasteiger partial charge in [-0.05, 0) is 19.1 Å². The maximum Gasteiger partial charge on any atom is 0.255 e. The van der Waals surface area contributed by atoms with Crippen LogP contribution in [0.4, 0.5) is 0 Å². The van der Waals surface area contributed by atoms with Gasteiger partial charge in [0.1, 0.15) is 13.2 Å². The Morgan fingerprint density at radius 3 is 2.95 bits per heavy atom. The molecule has 0 saturated heterocycles. The molecule has 0 radical (unpaired) electrons. The molecule has 1 aromatic carbocycles. The van der Waals surface area contributed by atoms with Crippen molar-refractivity contribution < 1.29 is 24.1 Å². The molecule has 1 atom stereocenters. The average Bonchev–Trinajstić information content (AvgIpc) is 2.50. The maximum atomic E-state index is 12.2. The molecule has 0 spiro atoms. The zero-order chi connectivity index (χ0) is 15.3. The van der Waals surface area contributed by atoms with Gasteiger partial charge in [0.15, 0.2) is 11.5 Å². The largest absolute Gasteiger partial charge is 0.486 e. The zero-order valence-corrected chi connectivity index (χ0v) is 12.3. The van der Waals surface area contributed by atoms with E-state index in [-0.39, 0.29) is 12.5 Å². The Bertz CT molecular complexity index is 501. The number of fused-ring (bicyclic) bond motifs is 1. The summed E-state index contributed by atoms with van der Waals surface area (Å²) in [6.45, 7) is 3.12. The summed E-state index contributed by atoms with van der Waals surface area (Å²) < 4.78 is 15.9. The lowest BCUT2D eigenvalue weighted by Crippen LogP contribution is -2.41. The van der Waals surface area contributed by atoms with Crippen LogP contribution in [-0.4, -0.2) is 50.1 Å². The molecule has 6 heteroatoms. The number of benzene rings is 1. The topological polar surface area (TPSA) is 77.0 Å². The van der Waals surface area contributed by atoms with Crippen LogP contribution in [0.2, 0.25) is 0 Å². The molecule has 1 unspecified atom stereocenters. The van der Waals surface area contributed by atoms with E-state index in [1.165, 1.54) is 0 Å². The number of amides is 1. The van der Waals surface area contributed by atoms with E-state index in [9.17, 15) is 9.90 Å². The van der Waals surface area contributed by atoms with Crippen LogP contribution < -0.4 is 14.8 Å². The van der Waals surface area contributed by atoms with Gasteiger partial charge in [0, 0.05) is 26.7 Å². The quantitative estimate of drug-likeness (QED) is 0.818. The first-order valence-corrected chi connectivity index (χ1v) is 6.91. The SMILES string of the molecule is COCCC(C)(O)CNC(=O)c1cccc2c1OCCO2. The van der Waals surface area contributed by atoms with Crippen LogP contribution in [0.1, 0.15) is 23.7 Å². The first-order chi connectivity index (χ1) is 10.0. The number of carbonyl (C=O) groups excluding carboxylic acids is 1. The molecule has 116 valence electrons. The minimum absolute atomic E-state index is 0.139. The molecule has 0 fully saturated rings. The van der Waals surface area contributed by atoms with Crippen molar-refractivity contribution in [1.82, 2.24) is 5.32 Å². The summed E-state index contributed by atoms with van der Waals surface area (Å²) in [5.41, 5.74) is -0.604. The molecule has 21 heavy (non-hydrogen) atoms. The van der Waals surface area contributed by atoms with E-state index < -0.39 is 5.60 Å². The molecular weight excluding hydrogens is 274 g/mol. The van der Waals surface area contributed by atoms with E-state index in [0.717, 1.165) is 0 Å². The van der Waals surface area contributed by atoms with Gasteiger partial charge < -0.3 is 24.6 Å². The van der Waals surface area contributed by atoms with E-state index in [0.29, 0.717) is 43.3 Å². The van der Waals surface area contributed by atoms with Gasteiger partial charge in [-0.1, -0.05) is 6.07 Å². The summed E-state index contributed by atoms with van der Waals surface area (Å²) in [6, 6.07) is 5.18. The fourth-order valence-electron chi connectivity index (χ4n) is 2.03. The number of nitrogens with one attached hydrogen (secondary N) is 1. The van der Waals surface area contributed by atoms with Crippen molar-refractivity contribution in [3.05, 3.63) is 23.8 Å². The van der Waals surface area contributed by atoms with Crippen molar-refractivity contribution >= 4 is 5.91 Å². The van der Waals surface area contributed by atoms with Gasteiger partial charge in [-0.3, -0.25) is 4.79 Å². The number of aliphatic hydroxyl groups is 1. The van der Waals surface area contributed by atoms with Crippen LogP contribution >= 0.6 is 0 Å². The lowest BCUT2D eigenvalue weighted by molar-refractivity contribution is 0.0243. The molecular formula is C15H21NO5. The van der Waals surface area contributed by atoms with Crippen LogP contribution in [0.5, 0.6) is 11.5 Å². The average molecular weight is 295 g/mol. The molecule has 0 aromatic heterocycles. The van der Waals surface area contributed by atoms with Gasteiger partial charge in [0.25, 0.3) is 5.91 Å². The number of rotatable bonds is 6. The molecule has 1 aliphatic heterocycles. The Morgan fingerprint density at radius 1 is 1.43 bits per heavy atom. The van der Waals surface area contributed by atoms with Crippen molar-refractivity contribution in [1.29, 1.82) is 0 Å². The smallest absolute Gasteiger partial charge is 0.255 e. The summed E-state index contributed by atoms with van der Waals surface area (Å²) in [7, 11) is 1.57. The Morgan fingerprint density at radius 2 is 2.19 bits per heavy atom. The molecule has 2 N–H and O–H groups in total. The zero-order valence-electron chi connectivity index (χ0n) is 12.3. The molecule has 1 aliphatic rings. The van der Waals surface area contributed by atoms with Gasteiger partial charge in [-0.15, -0.1) is 0 Å². The van der Waals surface area contributed by atoms with Crippen molar-refractivity contribution in [2.45, 2.75) is 18.9 Å². The number of hydrogen-bond acceptors (Lipinski definition) is 5. The highest BCUT2D eigenvalue weighted by atomic mass is 16.6. The molecule has 6 nitrogen and oxygen atoms in total. The lowest BCUT2D eigenvalue weighted by Gasteiger charge is -2.24. The van der Waals surface area contributed by atoms with E-state index in [1.807, 2.05) is 0 Å². The van der Waals surface area contributed by atoms with Gasteiger partial charge in [0.2, 0.25) is 0 Å². The van der Waals surface area contributed by atoms with E-state index in [1.54, 1.807) is 32.2 Å². The fourth-order valence-corrected chi connectivity index (χ4v) is 2.03. The first kappa shape index (κ1) is 15.6. The molecule has 0 saturated carbocycles. The summed E-state index contributed by atoms with van der Waals surface area (Å²) in [6.07, 6.45) is 0.441. The highest BCUT2D eigenvalue weighted by Gasteiger charge is 2.24. The Kier molecular flexibility index (Phi) is 5.03. The minimum atomic E-state index is -1.02. The molecule has 2 rings (SSSR count). The third kappa shape index (κ3) is 4.09. The van der Waals surface area contributed by atoms with Gasteiger partial charge in [-0.25, -0.2) is 0 Å². The Labute approximate surface area is 124 Å². The van der Waals surface area contributed by atoms with Crippen molar-refractivity contribution in [2.24, 2.45) is 0 Å². The Hall–Kier alpha value is -1.79. The van der Waals surface area contributed by atoms with Gasteiger partial charge in [0.05, 0.1) is 11.2 Å². The number of hydrogen-bond donors (Lipinski definition) is 2. The number of ether oxygens (including phenoxy) is 3. The summed E-state index contributed by atoms with van der Waals surface area (Å²) in [4.78, 5) is 12.2. The summed E-state index contributed by atoms with van der Waals surface area (Å²) in [5.74, 6) is 0.730. The van der Waals surface area contributed by atoms with Gasteiger partial charge in [-0.2, -0.15) is 0 Å². The van der Waals surface area contributed by atoms with Gasteiger partial charge >= 0.3 is 0 Å². The predicted octanol–water partition coefficient (Wildman–Crippen LogP) is 0.975. The monoisotopic (exact) mass is 295 g/mol. The summed E-state index contributed by atoms with van der Waals surface area (Å²) in [5, 5.41) is 12.8. The highest BCUT2D eigenvalue weighted by Crippen LogP contribution is 2.33. The van der Waals surface area contributed by atoms with Crippen LogP contribution in [0.3, 0.4) is 0 Å². The Balaban J connectivity index is 2.01. The van der Waals surface area contributed by atoms with Crippen molar-refractivity contribution in [3.63, 3.8) is 0 Å². The van der Waals surface area contributed by atoms with Crippen molar-refractivity contribution in [3.8, 4) is 11.5 Å². The second-order valence-corrected chi connectivity index (χ2v) is 5.25. The number of methoxy groups -OCH3 is 1. The van der Waals surface area contributed by atoms with Crippen LogP contribution in [0.15, 0.2) is 18.2 Å². The predicted molar refractivity (Wildman–Crippen MR) is 76.9 cm³/mol. The number of para-hydroxylation sites is 1. The number of carbonyl (C=O) groups is 1. The summed E-state index contributed by atoms with van der Waals surface area (Å²) >= 11 is 0. The molecule has 1 amide bonds.